The quantitative estimate of drug-likeness (QED) is 0.534. The SMILES string of the molecule is Cc1ccc(S(=O)(=O)N2CCCCC2)cc1NC(=O)CN(C)Cc1nc2ccccc2c(=O)[nH]1. The van der Waals surface area contributed by atoms with E-state index < -0.39 is 10.0 Å². The minimum Gasteiger partial charge on any atom is -0.325 e. The maximum absolute atomic E-state index is 13.0. The van der Waals surface area contributed by atoms with E-state index in [-0.39, 0.29) is 29.5 Å². The fourth-order valence-electron chi connectivity index (χ4n) is 4.11. The molecule has 34 heavy (non-hydrogen) atoms. The summed E-state index contributed by atoms with van der Waals surface area (Å²) >= 11 is 0. The van der Waals surface area contributed by atoms with E-state index in [4.69, 9.17) is 0 Å². The lowest BCUT2D eigenvalue weighted by atomic mass is 10.2. The Hall–Kier alpha value is -3.08. The molecule has 0 bridgehead atoms. The van der Waals surface area contributed by atoms with Crippen molar-refractivity contribution in [2.45, 2.75) is 37.6 Å². The van der Waals surface area contributed by atoms with Crippen LogP contribution in [0, 0.1) is 6.92 Å². The molecule has 0 radical (unpaired) electrons. The first-order valence-electron chi connectivity index (χ1n) is 11.3. The number of aryl methyl sites for hydroxylation is 1. The third-order valence-corrected chi connectivity index (χ3v) is 7.83. The fourth-order valence-corrected chi connectivity index (χ4v) is 5.65. The number of likely N-dealkylation sites (N-methyl/N-ethyl adjacent to an activating group) is 1. The number of hydrogen-bond acceptors (Lipinski definition) is 6. The molecule has 0 spiro atoms. The topological polar surface area (TPSA) is 115 Å². The Morgan fingerprint density at radius 2 is 1.88 bits per heavy atom. The first kappa shape index (κ1) is 24.1. The number of rotatable bonds is 7. The van der Waals surface area contributed by atoms with Crippen molar-refractivity contribution in [3.8, 4) is 0 Å². The molecule has 2 N–H and O–H groups in total. The molecule has 9 nitrogen and oxygen atoms in total. The highest BCUT2D eigenvalue weighted by molar-refractivity contribution is 7.89. The summed E-state index contributed by atoms with van der Waals surface area (Å²) < 4.78 is 27.5. The van der Waals surface area contributed by atoms with Crippen molar-refractivity contribution in [3.05, 3.63) is 64.2 Å². The Labute approximate surface area is 198 Å². The number of sulfonamides is 1. The molecule has 180 valence electrons. The summed E-state index contributed by atoms with van der Waals surface area (Å²) in [7, 11) is -1.84. The number of H-pyrrole nitrogens is 1. The van der Waals surface area contributed by atoms with Gasteiger partial charge in [0.25, 0.3) is 5.56 Å². The maximum Gasteiger partial charge on any atom is 0.258 e. The fraction of sp³-hybridized carbons (Fsp3) is 0.375. The van der Waals surface area contributed by atoms with Gasteiger partial charge in [0.15, 0.2) is 0 Å². The second kappa shape index (κ2) is 10.0. The van der Waals surface area contributed by atoms with Crippen LogP contribution in [0.4, 0.5) is 5.69 Å². The number of hydrogen-bond donors (Lipinski definition) is 2. The Balaban J connectivity index is 1.43. The van der Waals surface area contributed by atoms with Crippen LogP contribution in [0.15, 0.2) is 52.2 Å². The second-order valence-corrected chi connectivity index (χ2v) is 10.6. The third kappa shape index (κ3) is 5.35. The van der Waals surface area contributed by atoms with E-state index in [1.807, 2.05) is 13.0 Å². The molecule has 1 aliphatic heterocycles. The summed E-state index contributed by atoms with van der Waals surface area (Å²) in [5.74, 6) is 0.172. The molecule has 0 atom stereocenters. The molecule has 1 aromatic heterocycles. The van der Waals surface area contributed by atoms with Gasteiger partial charge in [-0.2, -0.15) is 4.31 Å². The average Bonchev–Trinajstić information content (AvgIpc) is 2.81. The van der Waals surface area contributed by atoms with Gasteiger partial charge in [0.1, 0.15) is 5.82 Å². The lowest BCUT2D eigenvalue weighted by Gasteiger charge is -2.26. The number of aromatic amines is 1. The molecule has 1 aliphatic rings. The highest BCUT2D eigenvalue weighted by atomic mass is 32.2. The van der Waals surface area contributed by atoms with Gasteiger partial charge in [0, 0.05) is 18.8 Å². The van der Waals surface area contributed by atoms with E-state index in [0.717, 1.165) is 24.8 Å². The molecule has 1 saturated heterocycles. The van der Waals surface area contributed by atoms with Crippen molar-refractivity contribution < 1.29 is 13.2 Å². The summed E-state index contributed by atoms with van der Waals surface area (Å²) in [6.07, 6.45) is 2.76. The number of carbonyl (C=O) groups excluding carboxylic acids is 1. The Morgan fingerprint density at radius 1 is 1.15 bits per heavy atom. The van der Waals surface area contributed by atoms with E-state index in [2.05, 4.69) is 15.3 Å². The van der Waals surface area contributed by atoms with Crippen molar-refractivity contribution >= 4 is 32.5 Å². The molecule has 2 aromatic carbocycles. The number of fused-ring (bicyclic) bond motifs is 1. The van der Waals surface area contributed by atoms with Gasteiger partial charge in [-0.15, -0.1) is 0 Å². The molecule has 2 heterocycles. The summed E-state index contributed by atoms with van der Waals surface area (Å²) in [4.78, 5) is 34.1. The average molecular weight is 484 g/mol. The van der Waals surface area contributed by atoms with E-state index in [1.165, 1.54) is 10.4 Å². The zero-order valence-corrected chi connectivity index (χ0v) is 20.2. The number of amides is 1. The Bertz CT molecular complexity index is 1360. The van der Waals surface area contributed by atoms with Gasteiger partial charge in [-0.05, 0) is 56.6 Å². The lowest BCUT2D eigenvalue weighted by Crippen LogP contribution is -2.35. The number of nitrogens with zero attached hydrogens (tertiary/aromatic N) is 3. The summed E-state index contributed by atoms with van der Waals surface area (Å²) in [5, 5.41) is 3.34. The molecule has 4 rings (SSSR count). The van der Waals surface area contributed by atoms with E-state index in [1.54, 1.807) is 42.3 Å². The van der Waals surface area contributed by atoms with Gasteiger partial charge in [-0.3, -0.25) is 14.5 Å². The van der Waals surface area contributed by atoms with Crippen molar-refractivity contribution in [2.24, 2.45) is 0 Å². The molecule has 0 aliphatic carbocycles. The number of nitrogens with one attached hydrogen (secondary N) is 2. The van der Waals surface area contributed by atoms with Crippen LogP contribution < -0.4 is 10.9 Å². The van der Waals surface area contributed by atoms with Gasteiger partial charge in [-0.1, -0.05) is 24.6 Å². The van der Waals surface area contributed by atoms with E-state index in [0.29, 0.717) is 35.5 Å². The zero-order chi connectivity index (χ0) is 24.3. The molecule has 0 saturated carbocycles. The molecule has 3 aromatic rings. The van der Waals surface area contributed by atoms with Crippen molar-refractivity contribution in [2.75, 3.05) is 32.0 Å². The largest absolute Gasteiger partial charge is 0.325 e. The minimum atomic E-state index is -3.59. The van der Waals surface area contributed by atoms with Crippen LogP contribution in [-0.4, -0.2) is 60.2 Å². The van der Waals surface area contributed by atoms with Crippen LogP contribution in [0.2, 0.25) is 0 Å². The normalized spacial score (nSPS) is 15.0. The molecule has 0 unspecified atom stereocenters. The predicted molar refractivity (Wildman–Crippen MR) is 131 cm³/mol. The summed E-state index contributed by atoms with van der Waals surface area (Å²) in [6, 6.07) is 11.9. The molecule has 10 heteroatoms. The third-order valence-electron chi connectivity index (χ3n) is 5.93. The Morgan fingerprint density at radius 3 is 2.65 bits per heavy atom. The second-order valence-electron chi connectivity index (χ2n) is 8.69. The molecular formula is C24H29N5O4S. The van der Waals surface area contributed by atoms with Crippen molar-refractivity contribution in [1.82, 2.24) is 19.2 Å². The summed E-state index contributed by atoms with van der Waals surface area (Å²) in [5.41, 5.74) is 1.62. The van der Waals surface area contributed by atoms with Gasteiger partial charge < -0.3 is 10.3 Å². The smallest absolute Gasteiger partial charge is 0.258 e. The first-order chi connectivity index (χ1) is 16.2. The van der Waals surface area contributed by atoms with E-state index >= 15 is 0 Å². The van der Waals surface area contributed by atoms with Gasteiger partial charge in [0.2, 0.25) is 15.9 Å². The van der Waals surface area contributed by atoms with Crippen LogP contribution in [0.5, 0.6) is 0 Å². The highest BCUT2D eigenvalue weighted by Gasteiger charge is 2.26. The van der Waals surface area contributed by atoms with Crippen LogP contribution in [-0.2, 0) is 21.4 Å². The minimum absolute atomic E-state index is 0.0408. The lowest BCUT2D eigenvalue weighted by molar-refractivity contribution is -0.117. The number of anilines is 1. The molecule has 1 amide bonds. The molecule has 1 fully saturated rings. The number of carbonyl (C=O) groups is 1. The van der Waals surface area contributed by atoms with Gasteiger partial charge in [-0.25, -0.2) is 13.4 Å². The number of para-hydroxylation sites is 1. The van der Waals surface area contributed by atoms with Crippen molar-refractivity contribution in [3.63, 3.8) is 0 Å². The summed E-state index contributed by atoms with van der Waals surface area (Å²) in [6.45, 7) is 3.18. The number of benzene rings is 2. The maximum atomic E-state index is 13.0. The monoisotopic (exact) mass is 483 g/mol. The highest BCUT2D eigenvalue weighted by Crippen LogP contribution is 2.25. The predicted octanol–water partition coefficient (Wildman–Crippen LogP) is 2.48. The standard InChI is InChI=1S/C24H29N5O4S/c1-17-10-11-18(34(32,33)29-12-6-3-7-13-29)14-21(17)26-23(30)16-28(2)15-22-25-20-9-5-4-8-19(20)24(31)27-22/h4-5,8-11,14H,3,6-7,12-13,15-16H2,1-2H3,(H,26,30)(H,25,27,31). The number of aromatic nitrogens is 2. The number of piperidine rings is 1. The van der Waals surface area contributed by atoms with E-state index in [9.17, 15) is 18.0 Å². The van der Waals surface area contributed by atoms with Crippen LogP contribution in [0.1, 0.15) is 30.7 Å². The van der Waals surface area contributed by atoms with Crippen LogP contribution >= 0.6 is 0 Å². The van der Waals surface area contributed by atoms with Crippen molar-refractivity contribution in [1.29, 1.82) is 0 Å². The first-order valence-corrected chi connectivity index (χ1v) is 12.8. The van der Waals surface area contributed by atoms with Gasteiger partial charge in [0.05, 0.1) is 28.9 Å². The molecular weight excluding hydrogens is 454 g/mol. The van der Waals surface area contributed by atoms with Crippen LogP contribution in [0.3, 0.4) is 0 Å². The Kier molecular flexibility index (Phi) is 7.11. The van der Waals surface area contributed by atoms with Gasteiger partial charge >= 0.3 is 0 Å². The van der Waals surface area contributed by atoms with Crippen LogP contribution in [0.25, 0.3) is 10.9 Å². The zero-order valence-electron chi connectivity index (χ0n) is 19.4.